The smallest absolute Gasteiger partial charge is 0.273 e. The molecule has 6 aromatic rings. The number of likely N-dealkylation sites (tertiary alicyclic amines) is 2. The second-order valence-corrected chi connectivity index (χ2v) is 15.7. The van der Waals surface area contributed by atoms with Crippen molar-refractivity contribution in [2.75, 3.05) is 61.7 Å². The molecule has 2 atom stereocenters. The number of carbonyl (C=O) groups is 4. The first-order valence-corrected chi connectivity index (χ1v) is 20.3. The molecule has 0 saturated carbocycles. The maximum atomic E-state index is 13.7. The van der Waals surface area contributed by atoms with Crippen LogP contribution in [0.25, 0.3) is 34.0 Å². The van der Waals surface area contributed by atoms with Gasteiger partial charge in [-0.3, -0.25) is 19.2 Å². The van der Waals surface area contributed by atoms with Gasteiger partial charge < -0.3 is 30.2 Å². The molecular weight excluding hydrogens is 753 g/mol. The van der Waals surface area contributed by atoms with Gasteiger partial charge >= 0.3 is 0 Å². The zero-order chi connectivity index (χ0) is 41.9. The van der Waals surface area contributed by atoms with Crippen LogP contribution in [0, 0.1) is 0 Å². The van der Waals surface area contributed by atoms with Gasteiger partial charge in [0.25, 0.3) is 11.8 Å². The van der Waals surface area contributed by atoms with Crippen LogP contribution in [0.3, 0.4) is 0 Å². The monoisotopic (exact) mass is 800 g/mol. The van der Waals surface area contributed by atoms with Gasteiger partial charge in [-0.25, -0.2) is 9.97 Å². The third-order valence-corrected chi connectivity index (χ3v) is 11.2. The maximum Gasteiger partial charge on any atom is 0.273 e. The highest BCUT2D eigenvalue weighted by Gasteiger charge is 2.37. The van der Waals surface area contributed by atoms with Gasteiger partial charge in [-0.1, -0.05) is 72.8 Å². The van der Waals surface area contributed by atoms with E-state index < -0.39 is 12.1 Å². The van der Waals surface area contributed by atoms with E-state index in [1.807, 2.05) is 147 Å². The summed E-state index contributed by atoms with van der Waals surface area (Å²) in [5.74, 6) is -0.951. The Bertz CT molecular complexity index is 2440. The van der Waals surface area contributed by atoms with Crippen molar-refractivity contribution in [3.8, 4) is 0 Å². The second kappa shape index (κ2) is 17.0. The van der Waals surface area contributed by atoms with Crippen LogP contribution in [0.2, 0.25) is 0 Å². The van der Waals surface area contributed by atoms with E-state index in [9.17, 15) is 19.2 Å². The predicted molar refractivity (Wildman–Crippen MR) is 239 cm³/mol. The zero-order valence-electron chi connectivity index (χ0n) is 34.3. The fourth-order valence-electron chi connectivity index (χ4n) is 8.13. The zero-order valence-corrected chi connectivity index (χ0v) is 34.3. The topological polar surface area (TPSA) is 131 Å². The summed E-state index contributed by atoms with van der Waals surface area (Å²) in [6.07, 6.45) is 6.57. The lowest BCUT2D eigenvalue weighted by Gasteiger charge is -2.24. The van der Waals surface area contributed by atoms with Gasteiger partial charge in [0.2, 0.25) is 11.8 Å². The lowest BCUT2D eigenvalue weighted by Crippen LogP contribution is -2.43. The summed E-state index contributed by atoms with van der Waals surface area (Å²) in [5, 5.41) is 7.94. The van der Waals surface area contributed by atoms with Crippen LogP contribution in [0.1, 0.15) is 57.8 Å². The Labute approximate surface area is 349 Å². The van der Waals surface area contributed by atoms with Crippen molar-refractivity contribution in [3.63, 3.8) is 0 Å². The highest BCUT2D eigenvalue weighted by atomic mass is 16.2. The van der Waals surface area contributed by atoms with Crippen molar-refractivity contribution in [1.29, 1.82) is 0 Å². The van der Waals surface area contributed by atoms with Gasteiger partial charge in [0.05, 0.1) is 11.0 Å². The molecule has 8 rings (SSSR count). The summed E-state index contributed by atoms with van der Waals surface area (Å²) in [7, 11) is 7.75. The van der Waals surface area contributed by atoms with Crippen LogP contribution in [0.5, 0.6) is 0 Å². The van der Waals surface area contributed by atoms with E-state index in [4.69, 9.17) is 0 Å². The highest BCUT2D eigenvalue weighted by Crippen LogP contribution is 2.30. The van der Waals surface area contributed by atoms with Crippen LogP contribution in [0.4, 0.5) is 22.7 Å². The van der Waals surface area contributed by atoms with Crippen molar-refractivity contribution in [1.82, 2.24) is 19.8 Å². The molecule has 304 valence electrons. The van der Waals surface area contributed by atoms with E-state index in [1.165, 1.54) is 0 Å². The molecule has 4 amide bonds. The van der Waals surface area contributed by atoms with E-state index in [-0.39, 0.29) is 23.6 Å². The average Bonchev–Trinajstić information content (AvgIpc) is 3.97. The van der Waals surface area contributed by atoms with Gasteiger partial charge in [-0.05, 0) is 85.3 Å². The Morgan fingerprint density at radius 3 is 1.33 bits per heavy atom. The number of carbonyl (C=O) groups excluding carboxylic acids is 4. The minimum Gasteiger partial charge on any atom is -0.377 e. The summed E-state index contributed by atoms with van der Waals surface area (Å²) in [6.45, 7) is 0.978. The number of fused-ring (bicyclic) bond motifs is 2. The van der Waals surface area contributed by atoms with Crippen LogP contribution in [0.15, 0.2) is 109 Å². The molecule has 4 aromatic carbocycles. The largest absolute Gasteiger partial charge is 0.377 e. The minimum absolute atomic E-state index is 0.224. The highest BCUT2D eigenvalue weighted by molar-refractivity contribution is 6.05. The molecule has 2 aromatic heterocycles. The molecule has 0 aliphatic carbocycles. The molecule has 12 heteroatoms. The standard InChI is InChI=1S/C48H48N8O4/c1-53(2)43-29-39(51-37-13-7-5-11-35(37)43)47(59)55-27-9-15-41(55)45(57)49-33-23-19-31(20-24-33)17-18-32-21-25-34(26-22-32)50-46(58)42-16-10-28-56(42)48(60)40-30-44(54(3)4)36-12-6-8-14-38(36)52-40/h5-8,11-14,17-26,29-30,41-42H,9-10,15-16,27-28H2,1-4H3,(H,49,57)(H,50,58)/b18-17+/t41-,42-/m0/s1. The third-order valence-electron chi connectivity index (χ3n) is 11.2. The van der Waals surface area contributed by atoms with Crippen molar-refractivity contribution < 1.29 is 19.2 Å². The lowest BCUT2D eigenvalue weighted by molar-refractivity contribution is -0.120. The molecule has 12 nitrogen and oxygen atoms in total. The molecule has 0 radical (unpaired) electrons. The summed E-state index contributed by atoms with van der Waals surface area (Å²) >= 11 is 0. The number of para-hydroxylation sites is 2. The Kier molecular flexibility index (Phi) is 11.3. The van der Waals surface area contributed by atoms with Crippen LogP contribution >= 0.6 is 0 Å². The van der Waals surface area contributed by atoms with E-state index in [0.29, 0.717) is 48.7 Å². The number of amides is 4. The van der Waals surface area contributed by atoms with Crippen molar-refractivity contribution >= 4 is 80.3 Å². The Morgan fingerprint density at radius 1 is 0.567 bits per heavy atom. The SMILES string of the molecule is CN(C)c1cc(C(=O)N2CCC[C@H]2C(=O)Nc2ccc(/C=C/c3ccc(NC(=O)[C@@H]4CCCN4C(=O)c4cc(N(C)C)c5ccccc5n4)cc3)cc2)nc2ccccc12. The summed E-state index contributed by atoms with van der Waals surface area (Å²) in [4.78, 5) is 71.0. The van der Waals surface area contributed by atoms with Crippen molar-refractivity contribution in [2.24, 2.45) is 0 Å². The van der Waals surface area contributed by atoms with E-state index in [0.717, 1.165) is 57.1 Å². The first-order valence-electron chi connectivity index (χ1n) is 20.3. The number of pyridine rings is 2. The van der Waals surface area contributed by atoms with Crippen LogP contribution in [-0.2, 0) is 9.59 Å². The number of benzene rings is 4. The fraction of sp³-hybridized carbons (Fsp3) is 0.250. The number of anilines is 4. The van der Waals surface area contributed by atoms with E-state index in [1.54, 1.807) is 21.9 Å². The van der Waals surface area contributed by atoms with Gasteiger partial charge in [-0.2, -0.15) is 0 Å². The normalized spacial score (nSPS) is 16.4. The molecule has 2 aliphatic heterocycles. The van der Waals surface area contributed by atoms with Crippen LogP contribution < -0.4 is 20.4 Å². The summed E-state index contributed by atoms with van der Waals surface area (Å²) in [5.41, 5.74) is 7.08. The predicted octanol–water partition coefficient (Wildman–Crippen LogP) is 7.57. The molecule has 0 unspecified atom stereocenters. The molecule has 0 spiro atoms. The molecule has 4 heterocycles. The fourth-order valence-corrected chi connectivity index (χ4v) is 8.13. The third kappa shape index (κ3) is 8.26. The Morgan fingerprint density at radius 2 is 0.950 bits per heavy atom. The number of aromatic nitrogens is 2. The molecule has 0 bridgehead atoms. The molecule has 2 saturated heterocycles. The quantitative estimate of drug-likeness (QED) is 0.136. The summed E-state index contributed by atoms with van der Waals surface area (Å²) < 4.78 is 0. The molecule has 2 N–H and O–H groups in total. The molecule has 60 heavy (non-hydrogen) atoms. The second-order valence-electron chi connectivity index (χ2n) is 15.7. The number of nitrogens with one attached hydrogen (secondary N) is 2. The number of rotatable bonds is 10. The van der Waals surface area contributed by atoms with E-state index >= 15 is 0 Å². The molecule has 2 fully saturated rings. The first-order chi connectivity index (χ1) is 29.0. The van der Waals surface area contributed by atoms with Crippen molar-refractivity contribution in [3.05, 3.63) is 132 Å². The van der Waals surface area contributed by atoms with Gasteiger partial charge in [0.1, 0.15) is 23.5 Å². The lowest BCUT2D eigenvalue weighted by atomic mass is 10.1. The van der Waals surface area contributed by atoms with Gasteiger partial charge in [-0.15, -0.1) is 0 Å². The Balaban J connectivity index is 0.862. The van der Waals surface area contributed by atoms with E-state index in [2.05, 4.69) is 20.6 Å². The molecular formula is C48H48N8O4. The van der Waals surface area contributed by atoms with Gasteiger partial charge in [0, 0.05) is 74.8 Å². The first kappa shape index (κ1) is 39.7. The van der Waals surface area contributed by atoms with Crippen molar-refractivity contribution in [2.45, 2.75) is 37.8 Å². The maximum absolute atomic E-state index is 13.7. The van der Waals surface area contributed by atoms with Crippen LogP contribution in [-0.4, -0.2) is 96.8 Å². The number of hydrogen-bond donors (Lipinski definition) is 2. The number of hydrogen-bond acceptors (Lipinski definition) is 8. The molecule has 2 aliphatic rings. The van der Waals surface area contributed by atoms with Gasteiger partial charge in [0.15, 0.2) is 0 Å². The average molecular weight is 801 g/mol. The minimum atomic E-state index is -0.593. The Hall–Kier alpha value is -7.08. The summed E-state index contributed by atoms with van der Waals surface area (Å²) in [6, 6.07) is 33.0. The number of nitrogens with zero attached hydrogens (tertiary/aromatic N) is 6.